The van der Waals surface area contributed by atoms with Crippen molar-refractivity contribution in [1.82, 2.24) is 5.32 Å². The molecule has 0 heterocycles. The van der Waals surface area contributed by atoms with Gasteiger partial charge < -0.3 is 10.4 Å². The molecule has 102 valence electrons. The fourth-order valence-corrected chi connectivity index (χ4v) is 2.74. The Morgan fingerprint density at radius 1 is 1.12 bits per heavy atom. The second-order valence-electron chi connectivity index (χ2n) is 6.32. The highest BCUT2D eigenvalue weighted by Gasteiger charge is 2.18. The summed E-state index contributed by atoms with van der Waals surface area (Å²) < 4.78 is 0. The van der Waals surface area contributed by atoms with Crippen LogP contribution in [0.2, 0.25) is 0 Å². The Labute approximate surface area is 107 Å². The van der Waals surface area contributed by atoms with Crippen molar-refractivity contribution in [3.8, 4) is 0 Å². The topological polar surface area (TPSA) is 32.3 Å². The lowest BCUT2D eigenvalue weighted by Crippen LogP contribution is -2.34. The minimum atomic E-state index is -0.139. The van der Waals surface area contributed by atoms with Gasteiger partial charge in [-0.05, 0) is 38.0 Å². The fourth-order valence-electron chi connectivity index (χ4n) is 2.74. The van der Waals surface area contributed by atoms with Crippen LogP contribution in [-0.2, 0) is 0 Å². The van der Waals surface area contributed by atoms with Gasteiger partial charge >= 0.3 is 0 Å². The van der Waals surface area contributed by atoms with Crippen LogP contribution in [0.25, 0.3) is 0 Å². The second kappa shape index (κ2) is 8.10. The van der Waals surface area contributed by atoms with Gasteiger partial charge in [0.1, 0.15) is 0 Å². The number of hydrogen-bond acceptors (Lipinski definition) is 2. The van der Waals surface area contributed by atoms with Gasteiger partial charge in [-0.1, -0.05) is 39.5 Å². The Morgan fingerprint density at radius 3 is 2.35 bits per heavy atom. The number of aliphatic hydroxyl groups excluding tert-OH is 1. The quantitative estimate of drug-likeness (QED) is 0.683. The highest BCUT2D eigenvalue weighted by molar-refractivity contribution is 4.73. The predicted molar refractivity (Wildman–Crippen MR) is 74.1 cm³/mol. The molecule has 2 heteroatoms. The minimum Gasteiger partial charge on any atom is -0.392 e. The van der Waals surface area contributed by atoms with Crippen LogP contribution >= 0.6 is 0 Å². The molecule has 0 radical (unpaired) electrons. The summed E-state index contributed by atoms with van der Waals surface area (Å²) in [7, 11) is 0. The van der Waals surface area contributed by atoms with E-state index in [0.717, 1.165) is 24.8 Å². The molecule has 1 aliphatic rings. The molecular formula is C15H31NO. The van der Waals surface area contributed by atoms with Crippen molar-refractivity contribution in [2.45, 2.75) is 77.9 Å². The predicted octanol–water partition coefficient (Wildman–Crippen LogP) is 3.34. The first-order valence-corrected chi connectivity index (χ1v) is 7.49. The summed E-state index contributed by atoms with van der Waals surface area (Å²) in [4.78, 5) is 0. The molecule has 0 aromatic heterocycles. The van der Waals surface area contributed by atoms with E-state index in [0.29, 0.717) is 6.04 Å². The van der Waals surface area contributed by atoms with Crippen LogP contribution in [0.4, 0.5) is 0 Å². The number of rotatable bonds is 8. The average molecular weight is 241 g/mol. The zero-order chi connectivity index (χ0) is 12.7. The Kier molecular flexibility index (Phi) is 7.14. The van der Waals surface area contributed by atoms with Gasteiger partial charge in [-0.2, -0.15) is 0 Å². The van der Waals surface area contributed by atoms with Gasteiger partial charge in [0.2, 0.25) is 0 Å². The van der Waals surface area contributed by atoms with Crippen molar-refractivity contribution in [3.63, 3.8) is 0 Å². The zero-order valence-corrected chi connectivity index (χ0v) is 11.9. The smallest absolute Gasteiger partial charge is 0.0667 e. The number of aliphatic hydroxyl groups is 1. The first-order chi connectivity index (χ1) is 8.08. The second-order valence-corrected chi connectivity index (χ2v) is 6.32. The molecule has 2 nitrogen and oxygen atoms in total. The first kappa shape index (κ1) is 15.0. The molecule has 0 amide bonds. The molecule has 17 heavy (non-hydrogen) atoms. The summed E-state index contributed by atoms with van der Waals surface area (Å²) in [6, 6.07) is 0.538. The van der Waals surface area contributed by atoms with Gasteiger partial charge in [0.15, 0.2) is 0 Å². The summed E-state index contributed by atoms with van der Waals surface area (Å²) in [6.45, 7) is 7.53. The first-order valence-electron chi connectivity index (χ1n) is 7.49. The molecule has 1 rings (SSSR count). The van der Waals surface area contributed by atoms with E-state index in [9.17, 15) is 5.11 Å². The molecule has 2 atom stereocenters. The van der Waals surface area contributed by atoms with Crippen LogP contribution in [0, 0.1) is 11.8 Å². The van der Waals surface area contributed by atoms with Crippen LogP contribution in [0.3, 0.4) is 0 Å². The summed E-state index contributed by atoms with van der Waals surface area (Å²) in [5, 5.41) is 13.4. The molecule has 0 spiro atoms. The third kappa shape index (κ3) is 7.05. The lowest BCUT2D eigenvalue weighted by Gasteiger charge is -2.20. The van der Waals surface area contributed by atoms with E-state index in [1.165, 1.54) is 38.5 Å². The monoisotopic (exact) mass is 241 g/mol. The van der Waals surface area contributed by atoms with E-state index in [-0.39, 0.29) is 6.10 Å². The largest absolute Gasteiger partial charge is 0.392 e. The maximum absolute atomic E-state index is 9.97. The summed E-state index contributed by atoms with van der Waals surface area (Å²) in [5.74, 6) is 1.57. The average Bonchev–Trinajstić information content (AvgIpc) is 2.76. The van der Waals surface area contributed by atoms with Gasteiger partial charge in [0.25, 0.3) is 0 Å². The molecule has 0 aromatic carbocycles. The highest BCUT2D eigenvalue weighted by atomic mass is 16.3. The maximum atomic E-state index is 9.97. The molecule has 2 N–H and O–H groups in total. The molecule has 0 aromatic rings. The van der Waals surface area contributed by atoms with Crippen LogP contribution in [0.15, 0.2) is 0 Å². The molecule has 2 unspecified atom stereocenters. The van der Waals surface area contributed by atoms with Crippen LogP contribution in [-0.4, -0.2) is 23.8 Å². The molecular weight excluding hydrogens is 210 g/mol. The molecule has 1 aliphatic carbocycles. The van der Waals surface area contributed by atoms with Crippen LogP contribution < -0.4 is 5.32 Å². The van der Waals surface area contributed by atoms with Crippen LogP contribution in [0.5, 0.6) is 0 Å². The standard InChI is InChI=1S/C15H31NO/c1-12(2)8-9-13(3)16-11-15(17)10-14-6-4-5-7-14/h12-17H,4-11H2,1-3H3. The summed E-state index contributed by atoms with van der Waals surface area (Å²) >= 11 is 0. The van der Waals surface area contributed by atoms with Gasteiger partial charge in [-0.3, -0.25) is 0 Å². The third-order valence-electron chi connectivity index (χ3n) is 3.96. The van der Waals surface area contributed by atoms with E-state index < -0.39 is 0 Å². The van der Waals surface area contributed by atoms with Crippen molar-refractivity contribution < 1.29 is 5.11 Å². The van der Waals surface area contributed by atoms with Gasteiger partial charge in [0, 0.05) is 12.6 Å². The van der Waals surface area contributed by atoms with Crippen LogP contribution in [0.1, 0.15) is 65.7 Å². The number of nitrogens with one attached hydrogen (secondary N) is 1. The Bertz CT molecular complexity index is 187. The minimum absolute atomic E-state index is 0.139. The van der Waals surface area contributed by atoms with Crippen molar-refractivity contribution in [2.24, 2.45) is 11.8 Å². The van der Waals surface area contributed by atoms with Crippen molar-refractivity contribution in [1.29, 1.82) is 0 Å². The van der Waals surface area contributed by atoms with Crippen molar-refractivity contribution >= 4 is 0 Å². The van der Waals surface area contributed by atoms with E-state index in [1.54, 1.807) is 0 Å². The highest BCUT2D eigenvalue weighted by Crippen LogP contribution is 2.28. The summed E-state index contributed by atoms with van der Waals surface area (Å²) in [6.07, 6.45) is 8.76. The Morgan fingerprint density at radius 2 is 1.76 bits per heavy atom. The molecule has 0 saturated heterocycles. The molecule has 1 fully saturated rings. The lowest BCUT2D eigenvalue weighted by atomic mass is 9.99. The van der Waals surface area contributed by atoms with Gasteiger partial charge in [0.05, 0.1) is 6.10 Å². The molecule has 0 aliphatic heterocycles. The third-order valence-corrected chi connectivity index (χ3v) is 3.96. The fraction of sp³-hybridized carbons (Fsp3) is 1.00. The van der Waals surface area contributed by atoms with Crippen molar-refractivity contribution in [3.05, 3.63) is 0 Å². The summed E-state index contributed by atoms with van der Waals surface area (Å²) in [5.41, 5.74) is 0. The lowest BCUT2D eigenvalue weighted by molar-refractivity contribution is 0.137. The Balaban J connectivity index is 2.03. The van der Waals surface area contributed by atoms with E-state index >= 15 is 0 Å². The van der Waals surface area contributed by atoms with E-state index in [1.807, 2.05) is 0 Å². The van der Waals surface area contributed by atoms with Crippen molar-refractivity contribution in [2.75, 3.05) is 6.54 Å². The van der Waals surface area contributed by atoms with Gasteiger partial charge in [-0.25, -0.2) is 0 Å². The number of hydrogen-bond donors (Lipinski definition) is 2. The van der Waals surface area contributed by atoms with Gasteiger partial charge in [-0.15, -0.1) is 0 Å². The zero-order valence-electron chi connectivity index (χ0n) is 11.9. The van der Waals surface area contributed by atoms with E-state index in [2.05, 4.69) is 26.1 Å². The molecule has 0 bridgehead atoms. The maximum Gasteiger partial charge on any atom is 0.0667 e. The molecule has 1 saturated carbocycles. The Hall–Kier alpha value is -0.0800. The normalized spacial score (nSPS) is 21.0. The SMILES string of the molecule is CC(C)CCC(C)NCC(O)CC1CCCC1. The van der Waals surface area contributed by atoms with E-state index in [4.69, 9.17) is 0 Å².